The van der Waals surface area contributed by atoms with Gasteiger partial charge in [0.2, 0.25) is 0 Å². The van der Waals surface area contributed by atoms with Gasteiger partial charge in [0.25, 0.3) is 5.91 Å². The third-order valence-corrected chi connectivity index (χ3v) is 5.30. The molecule has 0 unspecified atom stereocenters. The van der Waals surface area contributed by atoms with Crippen molar-refractivity contribution in [3.63, 3.8) is 0 Å². The van der Waals surface area contributed by atoms with Crippen LogP contribution in [-0.4, -0.2) is 52.3 Å². The van der Waals surface area contributed by atoms with Crippen LogP contribution in [-0.2, 0) is 22.7 Å². The summed E-state index contributed by atoms with van der Waals surface area (Å²) in [4.78, 5) is 38.5. The summed E-state index contributed by atoms with van der Waals surface area (Å²) in [6.45, 7) is -0.808. The van der Waals surface area contributed by atoms with E-state index in [1.807, 2.05) is 0 Å². The highest BCUT2D eigenvalue weighted by atomic mass is 16.5. The number of aliphatic hydroxyl groups excluding tert-OH is 2. The summed E-state index contributed by atoms with van der Waals surface area (Å²) in [7, 11) is 2.69. The van der Waals surface area contributed by atoms with Crippen molar-refractivity contribution in [3.05, 3.63) is 64.2 Å². The molecule has 2 amide bonds. The fraction of sp³-hybridized carbons (Fsp3) is 0.286. The molecular weight excluding hydrogens is 392 g/mol. The SMILES string of the molecule is COC(=O)Nc1ccccc1[C@@H]1[C@@H](C(=O)O)c2cc(CO)c(CO)cc2C(=O)N1C. The smallest absolute Gasteiger partial charge is 0.411 e. The average Bonchev–Trinajstić information content (AvgIpc) is 2.75. The molecule has 3 rings (SSSR count). The number of para-hydroxylation sites is 1. The number of rotatable bonds is 5. The number of anilines is 1. The van der Waals surface area contributed by atoms with Gasteiger partial charge in [-0.1, -0.05) is 24.3 Å². The number of carbonyl (C=O) groups is 3. The van der Waals surface area contributed by atoms with E-state index in [-0.39, 0.29) is 11.1 Å². The highest BCUT2D eigenvalue weighted by molar-refractivity contribution is 6.01. The minimum Gasteiger partial charge on any atom is -0.481 e. The molecule has 0 aromatic heterocycles. The zero-order valence-corrected chi connectivity index (χ0v) is 16.5. The molecule has 9 nitrogen and oxygen atoms in total. The molecule has 0 aliphatic carbocycles. The second-order valence-corrected chi connectivity index (χ2v) is 6.91. The Morgan fingerprint density at radius 3 is 2.33 bits per heavy atom. The number of aliphatic hydroxyl groups is 2. The molecule has 2 aromatic carbocycles. The van der Waals surface area contributed by atoms with Crippen LogP contribution >= 0.6 is 0 Å². The number of methoxy groups -OCH3 is 1. The van der Waals surface area contributed by atoms with Crippen molar-refractivity contribution >= 4 is 23.7 Å². The Kier molecular flexibility index (Phi) is 6.04. The molecule has 0 saturated carbocycles. The molecule has 0 bridgehead atoms. The summed E-state index contributed by atoms with van der Waals surface area (Å²) in [5.41, 5.74) is 1.84. The zero-order valence-electron chi connectivity index (χ0n) is 16.5. The first-order valence-electron chi connectivity index (χ1n) is 9.15. The Hall–Kier alpha value is -3.43. The standard InChI is InChI=1S/C21H22N2O7/c1-23-18(13-5-3-4-6-16(13)22-21(29)30-2)17(20(27)28)14-7-11(9-24)12(10-25)8-15(14)19(23)26/h3-8,17-18,24-25H,9-10H2,1-2H3,(H,22,29)(H,27,28)/t17-,18+/m0/s1. The minimum atomic E-state index is -1.17. The van der Waals surface area contributed by atoms with E-state index in [0.717, 1.165) is 0 Å². The maximum Gasteiger partial charge on any atom is 0.411 e. The van der Waals surface area contributed by atoms with E-state index < -0.39 is 43.1 Å². The van der Waals surface area contributed by atoms with E-state index in [1.165, 1.54) is 31.2 Å². The van der Waals surface area contributed by atoms with E-state index >= 15 is 0 Å². The van der Waals surface area contributed by atoms with Crippen LogP contribution in [0.2, 0.25) is 0 Å². The van der Waals surface area contributed by atoms with Crippen LogP contribution in [0.1, 0.15) is 44.6 Å². The molecule has 2 atom stereocenters. The molecule has 1 aliphatic rings. The molecule has 0 fully saturated rings. The molecule has 4 N–H and O–H groups in total. The van der Waals surface area contributed by atoms with E-state index in [1.54, 1.807) is 24.3 Å². The average molecular weight is 414 g/mol. The molecule has 0 saturated heterocycles. The number of aliphatic carboxylic acids is 1. The van der Waals surface area contributed by atoms with Crippen molar-refractivity contribution in [1.82, 2.24) is 4.90 Å². The zero-order chi connectivity index (χ0) is 22.0. The molecule has 0 radical (unpaired) electrons. The van der Waals surface area contributed by atoms with Crippen molar-refractivity contribution in [3.8, 4) is 0 Å². The van der Waals surface area contributed by atoms with Gasteiger partial charge in [0.15, 0.2) is 0 Å². The van der Waals surface area contributed by atoms with Crippen LogP contribution in [0.25, 0.3) is 0 Å². The first-order chi connectivity index (χ1) is 14.3. The largest absolute Gasteiger partial charge is 0.481 e. The van der Waals surface area contributed by atoms with Gasteiger partial charge in [0.05, 0.1) is 26.4 Å². The molecule has 1 heterocycles. The highest BCUT2D eigenvalue weighted by Crippen LogP contribution is 2.45. The van der Waals surface area contributed by atoms with Crippen molar-refractivity contribution in [1.29, 1.82) is 0 Å². The Morgan fingerprint density at radius 2 is 1.73 bits per heavy atom. The van der Waals surface area contributed by atoms with Gasteiger partial charge in [-0.15, -0.1) is 0 Å². The quantitative estimate of drug-likeness (QED) is 0.586. The molecule has 9 heteroatoms. The Labute approximate surface area is 172 Å². The number of carboxylic acids is 1. The number of ether oxygens (including phenoxy) is 1. The van der Waals surface area contributed by atoms with Gasteiger partial charge in [-0.25, -0.2) is 4.79 Å². The number of carboxylic acid groups (broad SMARTS) is 1. The summed E-state index contributed by atoms with van der Waals surface area (Å²) in [6.07, 6.45) is -0.727. The number of likely N-dealkylation sites (N-methyl/N-ethyl adjacent to an activating group) is 1. The van der Waals surface area contributed by atoms with Gasteiger partial charge >= 0.3 is 12.1 Å². The molecule has 2 aromatic rings. The Balaban J connectivity index is 2.22. The Morgan fingerprint density at radius 1 is 1.10 bits per heavy atom. The lowest BCUT2D eigenvalue weighted by Gasteiger charge is -2.39. The van der Waals surface area contributed by atoms with Gasteiger partial charge in [-0.3, -0.25) is 14.9 Å². The van der Waals surface area contributed by atoms with Gasteiger partial charge in [0.1, 0.15) is 5.92 Å². The topological polar surface area (TPSA) is 136 Å². The van der Waals surface area contributed by atoms with Crippen LogP contribution in [0.5, 0.6) is 0 Å². The predicted molar refractivity (Wildman–Crippen MR) is 106 cm³/mol. The minimum absolute atomic E-state index is 0.154. The van der Waals surface area contributed by atoms with E-state index in [9.17, 15) is 29.7 Å². The fourth-order valence-corrected chi connectivity index (χ4v) is 3.84. The van der Waals surface area contributed by atoms with Crippen LogP contribution in [0.4, 0.5) is 10.5 Å². The lowest BCUT2D eigenvalue weighted by Crippen LogP contribution is -2.43. The first kappa shape index (κ1) is 21.3. The number of nitrogens with one attached hydrogen (secondary N) is 1. The van der Waals surface area contributed by atoms with Gasteiger partial charge < -0.3 is 25.0 Å². The normalized spacial score (nSPS) is 18.0. The molecule has 0 spiro atoms. The maximum atomic E-state index is 13.1. The molecule has 1 aliphatic heterocycles. The molecule has 158 valence electrons. The van der Waals surface area contributed by atoms with Crippen LogP contribution in [0.15, 0.2) is 36.4 Å². The van der Waals surface area contributed by atoms with E-state index in [2.05, 4.69) is 10.1 Å². The number of amides is 2. The number of fused-ring (bicyclic) bond motifs is 1. The van der Waals surface area contributed by atoms with Gasteiger partial charge in [0, 0.05) is 18.3 Å². The number of hydrogen-bond donors (Lipinski definition) is 4. The number of nitrogens with zero attached hydrogens (tertiary/aromatic N) is 1. The maximum absolute atomic E-state index is 13.1. The van der Waals surface area contributed by atoms with Crippen molar-refractivity contribution in [2.24, 2.45) is 0 Å². The van der Waals surface area contributed by atoms with Gasteiger partial charge in [-0.2, -0.15) is 0 Å². The van der Waals surface area contributed by atoms with Crippen molar-refractivity contribution in [2.45, 2.75) is 25.2 Å². The predicted octanol–water partition coefficient (Wildman–Crippen LogP) is 1.84. The molecule has 30 heavy (non-hydrogen) atoms. The van der Waals surface area contributed by atoms with E-state index in [4.69, 9.17) is 0 Å². The fourth-order valence-electron chi connectivity index (χ4n) is 3.84. The van der Waals surface area contributed by atoms with Crippen LogP contribution in [0.3, 0.4) is 0 Å². The number of hydrogen-bond acceptors (Lipinski definition) is 6. The molecular formula is C21H22N2O7. The van der Waals surface area contributed by atoms with Crippen LogP contribution < -0.4 is 5.32 Å². The van der Waals surface area contributed by atoms with Crippen molar-refractivity contribution < 1.29 is 34.4 Å². The summed E-state index contributed by atoms with van der Waals surface area (Å²) in [5.74, 6) is -2.77. The summed E-state index contributed by atoms with van der Waals surface area (Å²) in [6, 6.07) is 8.52. The van der Waals surface area contributed by atoms with E-state index in [0.29, 0.717) is 22.4 Å². The Bertz CT molecular complexity index is 1000. The summed E-state index contributed by atoms with van der Waals surface area (Å²) < 4.78 is 4.63. The number of benzene rings is 2. The summed E-state index contributed by atoms with van der Waals surface area (Å²) >= 11 is 0. The van der Waals surface area contributed by atoms with Gasteiger partial charge in [-0.05, 0) is 34.4 Å². The third-order valence-electron chi connectivity index (χ3n) is 5.30. The second kappa shape index (κ2) is 8.52. The lowest BCUT2D eigenvalue weighted by atomic mass is 9.78. The van der Waals surface area contributed by atoms with Crippen molar-refractivity contribution in [2.75, 3.05) is 19.5 Å². The van der Waals surface area contributed by atoms with Crippen LogP contribution in [0, 0.1) is 0 Å². The third kappa shape index (κ3) is 3.60. The second-order valence-electron chi connectivity index (χ2n) is 6.91. The monoisotopic (exact) mass is 414 g/mol. The highest BCUT2D eigenvalue weighted by Gasteiger charge is 2.44. The lowest BCUT2D eigenvalue weighted by molar-refractivity contribution is -0.140. The first-order valence-corrected chi connectivity index (χ1v) is 9.15. The number of carbonyl (C=O) groups excluding carboxylic acids is 2. The summed E-state index contributed by atoms with van der Waals surface area (Å²) in [5, 5.41) is 31.8.